The second-order valence-electron chi connectivity index (χ2n) is 6.10. The maximum atomic E-state index is 12.2. The minimum Gasteiger partial charge on any atom is -0.396 e. The molecule has 0 saturated heterocycles. The van der Waals surface area contributed by atoms with E-state index in [-0.39, 0.29) is 18.6 Å². The summed E-state index contributed by atoms with van der Waals surface area (Å²) in [7, 11) is 0. The van der Waals surface area contributed by atoms with Crippen molar-refractivity contribution in [1.29, 1.82) is 0 Å². The smallest absolute Gasteiger partial charge is 0.226 e. The van der Waals surface area contributed by atoms with Crippen molar-refractivity contribution in [2.45, 2.75) is 38.1 Å². The SMILES string of the molecule is O=C(Cc1csc(Cc2ccccc2)n1)NC(CCO)C1CC1. The summed E-state index contributed by atoms with van der Waals surface area (Å²) in [5.41, 5.74) is 2.06. The lowest BCUT2D eigenvalue weighted by Crippen LogP contribution is -2.38. The Morgan fingerprint density at radius 3 is 2.83 bits per heavy atom. The lowest BCUT2D eigenvalue weighted by Gasteiger charge is -2.16. The maximum Gasteiger partial charge on any atom is 0.226 e. The summed E-state index contributed by atoms with van der Waals surface area (Å²) in [6, 6.07) is 10.3. The van der Waals surface area contributed by atoms with Crippen molar-refractivity contribution < 1.29 is 9.90 Å². The molecule has 0 bridgehead atoms. The van der Waals surface area contributed by atoms with E-state index >= 15 is 0 Å². The van der Waals surface area contributed by atoms with Gasteiger partial charge in [-0.2, -0.15) is 0 Å². The van der Waals surface area contributed by atoms with Crippen molar-refractivity contribution >= 4 is 17.2 Å². The van der Waals surface area contributed by atoms with E-state index < -0.39 is 0 Å². The molecule has 4 nitrogen and oxygen atoms in total. The van der Waals surface area contributed by atoms with Gasteiger partial charge in [0.05, 0.1) is 17.1 Å². The zero-order chi connectivity index (χ0) is 16.1. The quantitative estimate of drug-likeness (QED) is 0.782. The number of amides is 1. The summed E-state index contributed by atoms with van der Waals surface area (Å²) in [5.74, 6) is 0.557. The van der Waals surface area contributed by atoms with Crippen LogP contribution < -0.4 is 5.32 Å². The van der Waals surface area contributed by atoms with Crippen LogP contribution in [-0.4, -0.2) is 28.6 Å². The van der Waals surface area contributed by atoms with Gasteiger partial charge in [-0.3, -0.25) is 4.79 Å². The largest absolute Gasteiger partial charge is 0.396 e. The zero-order valence-electron chi connectivity index (χ0n) is 13.1. The number of hydrogen-bond acceptors (Lipinski definition) is 4. The van der Waals surface area contributed by atoms with Gasteiger partial charge in [0.2, 0.25) is 5.91 Å². The second-order valence-corrected chi connectivity index (χ2v) is 7.04. The number of benzene rings is 1. The molecule has 1 aliphatic rings. The van der Waals surface area contributed by atoms with Crippen LogP contribution >= 0.6 is 11.3 Å². The topological polar surface area (TPSA) is 62.2 Å². The van der Waals surface area contributed by atoms with Gasteiger partial charge in [0.25, 0.3) is 0 Å². The highest BCUT2D eigenvalue weighted by Crippen LogP contribution is 2.33. The average Bonchev–Trinajstić information content (AvgIpc) is 3.30. The van der Waals surface area contributed by atoms with Gasteiger partial charge in [0.15, 0.2) is 0 Å². The van der Waals surface area contributed by atoms with Gasteiger partial charge in [-0.1, -0.05) is 30.3 Å². The molecule has 1 aromatic heterocycles. The molecule has 1 saturated carbocycles. The molecule has 1 aliphatic carbocycles. The van der Waals surface area contributed by atoms with E-state index in [0.29, 0.717) is 18.8 Å². The number of thiazole rings is 1. The Bertz CT molecular complexity index is 637. The van der Waals surface area contributed by atoms with Gasteiger partial charge in [-0.05, 0) is 30.7 Å². The van der Waals surface area contributed by atoms with Crippen LogP contribution in [0.2, 0.25) is 0 Å². The van der Waals surface area contributed by atoms with Gasteiger partial charge < -0.3 is 10.4 Å². The molecule has 3 rings (SSSR count). The summed E-state index contributed by atoms with van der Waals surface area (Å²) in [6.07, 6.45) is 4.08. The van der Waals surface area contributed by atoms with E-state index in [1.807, 2.05) is 23.6 Å². The maximum absolute atomic E-state index is 12.2. The highest BCUT2D eigenvalue weighted by atomic mass is 32.1. The van der Waals surface area contributed by atoms with Gasteiger partial charge >= 0.3 is 0 Å². The zero-order valence-corrected chi connectivity index (χ0v) is 13.9. The highest BCUT2D eigenvalue weighted by Gasteiger charge is 2.31. The summed E-state index contributed by atoms with van der Waals surface area (Å²) in [6.45, 7) is 0.124. The number of aliphatic hydroxyl groups excluding tert-OH is 1. The first kappa shape index (κ1) is 16.1. The lowest BCUT2D eigenvalue weighted by atomic mass is 10.1. The van der Waals surface area contributed by atoms with Gasteiger partial charge in [-0.15, -0.1) is 11.3 Å². The van der Waals surface area contributed by atoms with E-state index in [9.17, 15) is 4.79 Å². The van der Waals surface area contributed by atoms with E-state index in [2.05, 4.69) is 22.4 Å². The van der Waals surface area contributed by atoms with Gasteiger partial charge in [0.1, 0.15) is 0 Å². The molecule has 1 amide bonds. The van der Waals surface area contributed by atoms with Crippen LogP contribution in [-0.2, 0) is 17.6 Å². The van der Waals surface area contributed by atoms with Gasteiger partial charge in [0, 0.05) is 24.4 Å². The van der Waals surface area contributed by atoms with Gasteiger partial charge in [-0.25, -0.2) is 4.98 Å². The van der Waals surface area contributed by atoms with Crippen molar-refractivity contribution in [2.75, 3.05) is 6.61 Å². The Labute approximate surface area is 140 Å². The predicted octanol–water partition coefficient (Wildman–Crippen LogP) is 2.55. The van der Waals surface area contributed by atoms with E-state index in [1.165, 1.54) is 5.56 Å². The number of nitrogens with zero attached hydrogens (tertiary/aromatic N) is 1. The minimum atomic E-state index is 0.00640. The monoisotopic (exact) mass is 330 g/mol. The van der Waals surface area contributed by atoms with E-state index in [4.69, 9.17) is 5.11 Å². The molecule has 0 spiro atoms. The van der Waals surface area contributed by atoms with Crippen LogP contribution in [0.15, 0.2) is 35.7 Å². The summed E-state index contributed by atoms with van der Waals surface area (Å²) in [4.78, 5) is 16.7. The van der Waals surface area contributed by atoms with Crippen molar-refractivity contribution in [1.82, 2.24) is 10.3 Å². The molecule has 0 radical (unpaired) electrons. The standard InChI is InChI=1S/C18H22N2O2S/c21-9-8-16(14-6-7-14)20-17(22)11-15-12-23-18(19-15)10-13-4-2-1-3-5-13/h1-5,12,14,16,21H,6-11H2,(H,20,22). The molecule has 1 atom stereocenters. The van der Waals surface area contributed by atoms with Crippen molar-refractivity contribution in [3.8, 4) is 0 Å². The normalized spacial score (nSPS) is 15.3. The molecule has 5 heteroatoms. The second kappa shape index (κ2) is 7.70. The molecule has 23 heavy (non-hydrogen) atoms. The van der Waals surface area contributed by atoms with E-state index in [1.54, 1.807) is 11.3 Å². The summed E-state index contributed by atoms with van der Waals surface area (Å²) in [5, 5.41) is 15.2. The molecule has 1 unspecified atom stereocenters. The van der Waals surface area contributed by atoms with Crippen molar-refractivity contribution in [3.63, 3.8) is 0 Å². The van der Waals surface area contributed by atoms with Crippen molar-refractivity contribution in [3.05, 3.63) is 52.0 Å². The van der Waals surface area contributed by atoms with Crippen molar-refractivity contribution in [2.24, 2.45) is 5.92 Å². The molecule has 2 N–H and O–H groups in total. The Morgan fingerprint density at radius 1 is 1.35 bits per heavy atom. The number of nitrogens with one attached hydrogen (secondary N) is 1. The number of aromatic nitrogens is 1. The van der Waals surface area contributed by atoms with Crippen LogP contribution in [0, 0.1) is 5.92 Å². The average molecular weight is 330 g/mol. The minimum absolute atomic E-state index is 0.00640. The first-order valence-electron chi connectivity index (χ1n) is 8.12. The third kappa shape index (κ3) is 4.88. The molecule has 1 heterocycles. The Balaban J connectivity index is 1.52. The first-order valence-corrected chi connectivity index (χ1v) is 9.00. The molecule has 1 fully saturated rings. The molecular weight excluding hydrogens is 308 g/mol. The van der Waals surface area contributed by atoms with E-state index in [0.717, 1.165) is 30.0 Å². The Kier molecular flexibility index (Phi) is 5.41. The fourth-order valence-electron chi connectivity index (χ4n) is 2.77. The molecule has 0 aliphatic heterocycles. The van der Waals surface area contributed by atoms with Crippen LogP contribution in [0.25, 0.3) is 0 Å². The Morgan fingerprint density at radius 2 is 2.13 bits per heavy atom. The predicted molar refractivity (Wildman–Crippen MR) is 91.4 cm³/mol. The number of rotatable bonds is 8. The molecule has 1 aromatic carbocycles. The Hall–Kier alpha value is -1.72. The summed E-state index contributed by atoms with van der Waals surface area (Å²) >= 11 is 1.60. The number of aliphatic hydroxyl groups is 1. The highest BCUT2D eigenvalue weighted by molar-refractivity contribution is 7.09. The molecular formula is C18H22N2O2S. The lowest BCUT2D eigenvalue weighted by molar-refractivity contribution is -0.121. The van der Waals surface area contributed by atoms with Crippen LogP contribution in [0.1, 0.15) is 35.5 Å². The third-order valence-corrected chi connectivity index (χ3v) is 5.01. The first-order chi connectivity index (χ1) is 11.2. The van der Waals surface area contributed by atoms with Crippen LogP contribution in [0.5, 0.6) is 0 Å². The molecule has 2 aromatic rings. The van der Waals surface area contributed by atoms with Crippen LogP contribution in [0.4, 0.5) is 0 Å². The summed E-state index contributed by atoms with van der Waals surface area (Å²) < 4.78 is 0. The fraction of sp³-hybridized carbons (Fsp3) is 0.444. The number of carbonyl (C=O) groups is 1. The van der Waals surface area contributed by atoms with Crippen LogP contribution in [0.3, 0.4) is 0 Å². The third-order valence-electron chi connectivity index (χ3n) is 4.12. The number of carbonyl (C=O) groups excluding carboxylic acids is 1. The fourth-order valence-corrected chi connectivity index (χ4v) is 3.60. The molecule has 122 valence electrons. The number of hydrogen-bond donors (Lipinski definition) is 2.